The molecule has 1 amide bonds. The van der Waals surface area contributed by atoms with Crippen molar-refractivity contribution in [3.05, 3.63) is 69.0 Å². The number of hydrogen-bond acceptors (Lipinski definition) is 3. The van der Waals surface area contributed by atoms with Gasteiger partial charge in [0.15, 0.2) is 0 Å². The Morgan fingerprint density at radius 3 is 2.80 bits per heavy atom. The van der Waals surface area contributed by atoms with Gasteiger partial charge >= 0.3 is 0 Å². The highest BCUT2D eigenvalue weighted by molar-refractivity contribution is 9.10. The molecule has 4 rings (SSSR count). The Balaban J connectivity index is 1.66. The summed E-state index contributed by atoms with van der Waals surface area (Å²) < 4.78 is 33.3. The van der Waals surface area contributed by atoms with E-state index in [-0.39, 0.29) is 5.69 Å². The van der Waals surface area contributed by atoms with Crippen molar-refractivity contribution in [2.24, 2.45) is 0 Å². The maximum atomic E-state index is 13.7. The molecular formula is C18H10BrF2NO2S. The molecule has 0 aliphatic carbocycles. The van der Waals surface area contributed by atoms with Gasteiger partial charge < -0.3 is 10.1 Å². The van der Waals surface area contributed by atoms with Crippen molar-refractivity contribution >= 4 is 38.9 Å². The maximum Gasteiger partial charge on any atom is 0.265 e. The number of carbonyl (C=O) groups excluding carboxylic acids is 1. The highest BCUT2D eigenvalue weighted by atomic mass is 79.9. The average Bonchev–Trinajstić information content (AvgIpc) is 3.02. The van der Waals surface area contributed by atoms with Crippen molar-refractivity contribution < 1.29 is 18.3 Å². The van der Waals surface area contributed by atoms with Crippen LogP contribution in [0.15, 0.2) is 46.9 Å². The minimum Gasteiger partial charge on any atom is -0.488 e. The van der Waals surface area contributed by atoms with Gasteiger partial charge in [0, 0.05) is 26.5 Å². The standard InChI is InChI=1S/C18H10BrF2NO2S/c19-10-1-4-15-12(6-10)17-9(8-24-15)5-16(25-17)18(23)22-14-3-2-11(20)7-13(14)21/h1-7H,8H2,(H,22,23). The summed E-state index contributed by atoms with van der Waals surface area (Å²) in [4.78, 5) is 13.8. The summed E-state index contributed by atoms with van der Waals surface area (Å²) in [5, 5.41) is 2.48. The van der Waals surface area contributed by atoms with Gasteiger partial charge in [-0.2, -0.15) is 0 Å². The van der Waals surface area contributed by atoms with Gasteiger partial charge in [0.2, 0.25) is 0 Å². The van der Waals surface area contributed by atoms with E-state index in [0.29, 0.717) is 11.5 Å². The number of anilines is 1. The number of carbonyl (C=O) groups is 1. The van der Waals surface area contributed by atoms with Crippen LogP contribution >= 0.6 is 27.3 Å². The zero-order chi connectivity index (χ0) is 17.6. The van der Waals surface area contributed by atoms with E-state index in [9.17, 15) is 13.6 Å². The zero-order valence-corrected chi connectivity index (χ0v) is 15.0. The summed E-state index contributed by atoms with van der Waals surface area (Å²) in [6.45, 7) is 0.374. The molecule has 0 bridgehead atoms. The van der Waals surface area contributed by atoms with E-state index in [1.807, 2.05) is 18.2 Å². The minimum atomic E-state index is -0.813. The average molecular weight is 422 g/mol. The van der Waals surface area contributed by atoms with E-state index in [1.54, 1.807) is 6.07 Å². The monoisotopic (exact) mass is 421 g/mol. The fourth-order valence-corrected chi connectivity index (χ4v) is 4.06. The van der Waals surface area contributed by atoms with Gasteiger partial charge in [0.1, 0.15) is 24.0 Å². The highest BCUT2D eigenvalue weighted by Crippen LogP contribution is 2.43. The molecule has 3 nitrogen and oxygen atoms in total. The van der Waals surface area contributed by atoms with Gasteiger partial charge in [-0.05, 0) is 36.4 Å². The number of nitrogens with one attached hydrogen (secondary N) is 1. The molecule has 1 aliphatic heterocycles. The Morgan fingerprint density at radius 1 is 1.16 bits per heavy atom. The lowest BCUT2D eigenvalue weighted by Gasteiger charge is -2.17. The number of halogens is 3. The number of rotatable bonds is 2. The molecule has 1 aromatic heterocycles. The van der Waals surface area contributed by atoms with Crippen molar-refractivity contribution in [3.63, 3.8) is 0 Å². The Morgan fingerprint density at radius 2 is 2.00 bits per heavy atom. The zero-order valence-electron chi connectivity index (χ0n) is 12.6. The van der Waals surface area contributed by atoms with Crippen LogP contribution in [0.25, 0.3) is 10.4 Å². The van der Waals surface area contributed by atoms with Crippen molar-refractivity contribution in [1.82, 2.24) is 0 Å². The van der Waals surface area contributed by atoms with Crippen LogP contribution in [0.4, 0.5) is 14.5 Å². The molecular weight excluding hydrogens is 412 g/mol. The lowest BCUT2D eigenvalue weighted by Crippen LogP contribution is -2.11. The lowest BCUT2D eigenvalue weighted by molar-refractivity contribution is 0.103. The summed E-state index contributed by atoms with van der Waals surface area (Å²) in [5.41, 5.74) is 1.75. The number of ether oxygens (including phenoxy) is 1. The van der Waals surface area contributed by atoms with Gasteiger partial charge in [0.25, 0.3) is 5.91 Å². The number of hydrogen-bond donors (Lipinski definition) is 1. The molecule has 0 spiro atoms. The molecule has 0 radical (unpaired) electrons. The molecule has 0 saturated heterocycles. The molecule has 1 N–H and O–H groups in total. The van der Waals surface area contributed by atoms with Gasteiger partial charge in [-0.3, -0.25) is 4.79 Å². The smallest absolute Gasteiger partial charge is 0.265 e. The number of benzene rings is 2. The fraction of sp³-hybridized carbons (Fsp3) is 0.0556. The summed E-state index contributed by atoms with van der Waals surface area (Å²) in [6, 6.07) is 10.5. The lowest BCUT2D eigenvalue weighted by atomic mass is 10.1. The van der Waals surface area contributed by atoms with Crippen molar-refractivity contribution in [3.8, 4) is 16.2 Å². The fourth-order valence-electron chi connectivity index (χ4n) is 2.61. The quantitative estimate of drug-likeness (QED) is 0.584. The first-order valence-corrected chi connectivity index (χ1v) is 8.94. The molecule has 0 saturated carbocycles. The van der Waals surface area contributed by atoms with Gasteiger partial charge in [-0.15, -0.1) is 11.3 Å². The Bertz CT molecular complexity index is 1000. The van der Waals surface area contributed by atoms with Crippen LogP contribution in [0.3, 0.4) is 0 Å². The maximum absolute atomic E-state index is 13.7. The van der Waals surface area contributed by atoms with Crippen molar-refractivity contribution in [1.29, 1.82) is 0 Å². The summed E-state index contributed by atoms with van der Waals surface area (Å²) >= 11 is 4.75. The van der Waals surface area contributed by atoms with Crippen LogP contribution in [0.1, 0.15) is 15.2 Å². The molecule has 0 atom stereocenters. The van der Waals surface area contributed by atoms with E-state index in [2.05, 4.69) is 21.2 Å². The normalized spacial score (nSPS) is 12.1. The summed E-state index contributed by atoms with van der Waals surface area (Å²) in [6.07, 6.45) is 0. The van der Waals surface area contributed by atoms with E-state index in [1.165, 1.54) is 17.4 Å². The summed E-state index contributed by atoms with van der Waals surface area (Å²) in [5.74, 6) is -1.19. The highest BCUT2D eigenvalue weighted by Gasteiger charge is 2.23. The van der Waals surface area contributed by atoms with Crippen molar-refractivity contribution in [2.75, 3.05) is 5.32 Å². The second-order valence-electron chi connectivity index (χ2n) is 5.47. The van der Waals surface area contributed by atoms with E-state index in [0.717, 1.165) is 38.4 Å². The van der Waals surface area contributed by atoms with Gasteiger partial charge in [-0.25, -0.2) is 8.78 Å². The van der Waals surface area contributed by atoms with Crippen LogP contribution in [0.2, 0.25) is 0 Å². The van der Waals surface area contributed by atoms with Crippen LogP contribution < -0.4 is 10.1 Å². The van der Waals surface area contributed by atoms with Gasteiger partial charge in [-0.1, -0.05) is 15.9 Å². The first kappa shape index (κ1) is 16.2. The Hall–Kier alpha value is -2.25. The summed E-state index contributed by atoms with van der Waals surface area (Å²) in [7, 11) is 0. The Kier molecular flexibility index (Phi) is 4.05. The van der Waals surface area contributed by atoms with Crippen LogP contribution in [0, 0.1) is 11.6 Å². The third kappa shape index (κ3) is 3.05. The van der Waals surface area contributed by atoms with Crippen LogP contribution in [0.5, 0.6) is 5.75 Å². The molecule has 3 aromatic rings. The van der Waals surface area contributed by atoms with Crippen molar-refractivity contribution in [2.45, 2.75) is 6.61 Å². The predicted octanol–water partition coefficient (Wildman–Crippen LogP) is 5.60. The van der Waals surface area contributed by atoms with E-state index >= 15 is 0 Å². The van der Waals surface area contributed by atoms with Crippen LogP contribution in [-0.4, -0.2) is 5.91 Å². The topological polar surface area (TPSA) is 38.3 Å². The number of fused-ring (bicyclic) bond motifs is 3. The van der Waals surface area contributed by atoms with E-state index < -0.39 is 17.5 Å². The molecule has 126 valence electrons. The third-order valence-corrected chi connectivity index (χ3v) is 5.48. The first-order chi connectivity index (χ1) is 12.0. The number of amides is 1. The minimum absolute atomic E-state index is 0.0582. The number of thiophene rings is 1. The molecule has 2 heterocycles. The largest absolute Gasteiger partial charge is 0.488 e. The molecule has 2 aromatic carbocycles. The molecule has 25 heavy (non-hydrogen) atoms. The SMILES string of the molecule is O=C(Nc1ccc(F)cc1F)c1cc2c(s1)-c1cc(Br)ccc1OC2. The van der Waals surface area contributed by atoms with Crippen LogP contribution in [-0.2, 0) is 6.61 Å². The molecule has 0 unspecified atom stereocenters. The first-order valence-electron chi connectivity index (χ1n) is 7.33. The van der Waals surface area contributed by atoms with E-state index in [4.69, 9.17) is 4.74 Å². The Labute approximate surface area is 154 Å². The second-order valence-corrected chi connectivity index (χ2v) is 7.44. The molecule has 1 aliphatic rings. The second kappa shape index (κ2) is 6.24. The third-order valence-electron chi connectivity index (χ3n) is 3.78. The molecule has 7 heteroatoms. The molecule has 0 fully saturated rings. The van der Waals surface area contributed by atoms with Gasteiger partial charge in [0.05, 0.1) is 10.6 Å². The predicted molar refractivity (Wildman–Crippen MR) is 96.1 cm³/mol.